The van der Waals surface area contributed by atoms with E-state index < -0.39 is 0 Å². The van der Waals surface area contributed by atoms with Crippen LogP contribution >= 0.6 is 11.3 Å². The summed E-state index contributed by atoms with van der Waals surface area (Å²) in [4.78, 5) is 33.1. The Kier molecular flexibility index (Phi) is 6.03. The number of thiazole rings is 1. The van der Waals surface area contributed by atoms with Gasteiger partial charge in [-0.1, -0.05) is 29.8 Å². The highest BCUT2D eigenvalue weighted by molar-refractivity contribution is 7.13. The average Bonchev–Trinajstić information content (AvgIpc) is 3.09. The Morgan fingerprint density at radius 1 is 1.07 bits per heavy atom. The Bertz CT molecular complexity index is 831. The number of aryl methyl sites for hydroxylation is 1. The normalized spacial score (nSPS) is 14.9. The van der Waals surface area contributed by atoms with Crippen LogP contribution in [0.25, 0.3) is 10.6 Å². The quantitative estimate of drug-likeness (QED) is 0.860. The highest BCUT2D eigenvalue weighted by Crippen LogP contribution is 2.24. The van der Waals surface area contributed by atoms with Crippen molar-refractivity contribution >= 4 is 23.3 Å². The van der Waals surface area contributed by atoms with E-state index in [1.165, 1.54) is 5.56 Å². The van der Waals surface area contributed by atoms with E-state index in [-0.39, 0.29) is 17.5 Å². The molecule has 6 nitrogen and oxygen atoms in total. The fraction of sp³-hybridized carbons (Fsp3) is 0.476. The zero-order valence-corrected chi connectivity index (χ0v) is 17.8. The number of hydrogen-bond acceptors (Lipinski definition) is 4. The summed E-state index contributed by atoms with van der Waals surface area (Å²) in [6, 6.07) is 8.18. The summed E-state index contributed by atoms with van der Waals surface area (Å²) in [5, 5.41) is 5.86. The number of nitrogens with one attached hydrogen (secondary N) is 1. The lowest BCUT2D eigenvalue weighted by atomic mass is 10.1. The van der Waals surface area contributed by atoms with E-state index in [0.717, 1.165) is 16.3 Å². The summed E-state index contributed by atoms with van der Waals surface area (Å²) in [5.41, 5.74) is 2.83. The predicted molar refractivity (Wildman–Crippen MR) is 112 cm³/mol. The van der Waals surface area contributed by atoms with Crippen molar-refractivity contribution in [1.82, 2.24) is 20.1 Å². The molecular weight excluding hydrogens is 372 g/mol. The van der Waals surface area contributed by atoms with Gasteiger partial charge in [0.25, 0.3) is 0 Å². The van der Waals surface area contributed by atoms with Crippen molar-refractivity contribution in [3.05, 3.63) is 40.9 Å². The second kappa shape index (κ2) is 8.31. The average molecular weight is 401 g/mol. The van der Waals surface area contributed by atoms with E-state index >= 15 is 0 Å². The molecule has 2 heterocycles. The molecule has 1 aromatic carbocycles. The minimum absolute atomic E-state index is 0.0663. The van der Waals surface area contributed by atoms with Gasteiger partial charge in [-0.3, -0.25) is 4.79 Å². The molecule has 28 heavy (non-hydrogen) atoms. The van der Waals surface area contributed by atoms with Crippen LogP contribution in [-0.4, -0.2) is 58.4 Å². The second-order valence-electron chi connectivity index (χ2n) is 8.23. The van der Waals surface area contributed by atoms with Crippen molar-refractivity contribution in [3.8, 4) is 10.6 Å². The SMILES string of the molecule is Cc1ccc(-c2nc(CC(=O)N3CCN(C(=O)NC(C)(C)C)CC3)cs2)cc1. The van der Waals surface area contributed by atoms with E-state index in [4.69, 9.17) is 0 Å². The van der Waals surface area contributed by atoms with E-state index in [0.29, 0.717) is 32.6 Å². The molecule has 3 rings (SSSR count). The number of benzene rings is 1. The van der Waals surface area contributed by atoms with Gasteiger partial charge in [-0.15, -0.1) is 11.3 Å². The number of aromatic nitrogens is 1. The largest absolute Gasteiger partial charge is 0.339 e. The first-order chi connectivity index (χ1) is 13.2. The number of carbonyl (C=O) groups excluding carboxylic acids is 2. The van der Waals surface area contributed by atoms with Crippen LogP contribution in [0.5, 0.6) is 0 Å². The molecule has 3 amide bonds. The van der Waals surface area contributed by atoms with Gasteiger partial charge in [-0.25, -0.2) is 9.78 Å². The lowest BCUT2D eigenvalue weighted by Gasteiger charge is -2.36. The molecule has 0 spiro atoms. The van der Waals surface area contributed by atoms with Crippen LogP contribution in [0.15, 0.2) is 29.6 Å². The third kappa shape index (κ3) is 5.32. The Balaban J connectivity index is 1.52. The molecule has 1 saturated heterocycles. The van der Waals surface area contributed by atoms with E-state index in [1.54, 1.807) is 16.2 Å². The molecule has 0 unspecified atom stereocenters. The van der Waals surface area contributed by atoms with Crippen LogP contribution in [0.4, 0.5) is 4.79 Å². The molecule has 0 radical (unpaired) electrons. The van der Waals surface area contributed by atoms with Gasteiger partial charge in [0.2, 0.25) is 5.91 Å². The fourth-order valence-electron chi connectivity index (χ4n) is 3.04. The molecule has 1 aliphatic rings. The topological polar surface area (TPSA) is 65.5 Å². The van der Waals surface area contributed by atoms with E-state index in [9.17, 15) is 9.59 Å². The van der Waals surface area contributed by atoms with Crippen LogP contribution < -0.4 is 5.32 Å². The van der Waals surface area contributed by atoms with E-state index in [1.807, 2.05) is 31.1 Å². The number of nitrogens with zero attached hydrogens (tertiary/aromatic N) is 3. The van der Waals surface area contributed by atoms with Gasteiger partial charge in [0.05, 0.1) is 12.1 Å². The van der Waals surface area contributed by atoms with Crippen LogP contribution in [0.3, 0.4) is 0 Å². The summed E-state index contributed by atoms with van der Waals surface area (Å²) in [7, 11) is 0. The molecule has 0 saturated carbocycles. The number of urea groups is 1. The van der Waals surface area contributed by atoms with Gasteiger partial charge in [-0.2, -0.15) is 0 Å². The number of carbonyl (C=O) groups is 2. The maximum absolute atomic E-state index is 12.6. The monoisotopic (exact) mass is 400 g/mol. The third-order valence-electron chi connectivity index (χ3n) is 4.58. The zero-order valence-electron chi connectivity index (χ0n) is 17.0. The Hall–Kier alpha value is -2.41. The molecule has 0 aliphatic carbocycles. The Morgan fingerprint density at radius 3 is 2.29 bits per heavy atom. The number of piperazine rings is 1. The van der Waals surface area contributed by atoms with Crippen molar-refractivity contribution in [3.63, 3.8) is 0 Å². The number of rotatable bonds is 3. The van der Waals surface area contributed by atoms with Gasteiger partial charge < -0.3 is 15.1 Å². The molecule has 150 valence electrons. The molecule has 7 heteroatoms. The summed E-state index contributed by atoms with van der Waals surface area (Å²) in [6.07, 6.45) is 0.302. The van der Waals surface area contributed by atoms with Crippen molar-refractivity contribution in [2.45, 2.75) is 39.7 Å². The van der Waals surface area contributed by atoms with Crippen LogP contribution in [0, 0.1) is 6.92 Å². The van der Waals surface area contributed by atoms with Gasteiger partial charge >= 0.3 is 6.03 Å². The molecular formula is C21H28N4O2S. The second-order valence-corrected chi connectivity index (χ2v) is 9.09. The smallest absolute Gasteiger partial charge is 0.317 e. The van der Waals surface area contributed by atoms with Gasteiger partial charge in [0.15, 0.2) is 0 Å². The van der Waals surface area contributed by atoms with E-state index in [2.05, 4.69) is 41.5 Å². The number of hydrogen-bond donors (Lipinski definition) is 1. The lowest BCUT2D eigenvalue weighted by molar-refractivity contribution is -0.131. The third-order valence-corrected chi connectivity index (χ3v) is 5.52. The predicted octanol–water partition coefficient (Wildman–Crippen LogP) is 3.31. The molecule has 1 aromatic heterocycles. The highest BCUT2D eigenvalue weighted by Gasteiger charge is 2.26. The van der Waals surface area contributed by atoms with Crippen molar-refractivity contribution < 1.29 is 9.59 Å². The van der Waals surface area contributed by atoms with Gasteiger partial charge in [0, 0.05) is 42.7 Å². The maximum Gasteiger partial charge on any atom is 0.317 e. The lowest BCUT2D eigenvalue weighted by Crippen LogP contribution is -2.56. The van der Waals surface area contributed by atoms with Crippen molar-refractivity contribution in [2.24, 2.45) is 0 Å². The summed E-state index contributed by atoms with van der Waals surface area (Å²) in [6.45, 7) is 10.2. The molecule has 1 fully saturated rings. The molecule has 2 aromatic rings. The molecule has 1 aliphatic heterocycles. The molecule has 0 atom stereocenters. The fourth-order valence-corrected chi connectivity index (χ4v) is 3.87. The summed E-state index contributed by atoms with van der Waals surface area (Å²) < 4.78 is 0. The minimum Gasteiger partial charge on any atom is -0.339 e. The first-order valence-corrected chi connectivity index (χ1v) is 10.5. The van der Waals surface area contributed by atoms with Crippen LogP contribution in [0.2, 0.25) is 0 Å². The number of amides is 3. The molecule has 0 bridgehead atoms. The zero-order chi connectivity index (χ0) is 20.3. The van der Waals surface area contributed by atoms with Crippen LogP contribution in [-0.2, 0) is 11.2 Å². The summed E-state index contributed by atoms with van der Waals surface area (Å²) in [5.74, 6) is 0.0663. The minimum atomic E-state index is -0.260. The Labute approximate surface area is 170 Å². The first-order valence-electron chi connectivity index (χ1n) is 9.57. The molecule has 1 N–H and O–H groups in total. The maximum atomic E-state index is 12.6. The first kappa shape index (κ1) is 20.3. The highest BCUT2D eigenvalue weighted by atomic mass is 32.1. The Morgan fingerprint density at radius 2 is 1.68 bits per heavy atom. The van der Waals surface area contributed by atoms with Crippen molar-refractivity contribution in [1.29, 1.82) is 0 Å². The standard InChI is InChI=1S/C21H28N4O2S/c1-15-5-7-16(8-6-15)19-22-17(14-28-19)13-18(26)24-9-11-25(12-10-24)20(27)23-21(2,3)4/h5-8,14H,9-13H2,1-4H3,(H,23,27). The van der Waals surface area contributed by atoms with Gasteiger partial charge in [0.1, 0.15) is 5.01 Å². The summed E-state index contributed by atoms with van der Waals surface area (Å²) >= 11 is 1.56. The van der Waals surface area contributed by atoms with Crippen LogP contribution in [0.1, 0.15) is 32.0 Å². The van der Waals surface area contributed by atoms with Crippen molar-refractivity contribution in [2.75, 3.05) is 26.2 Å². The van der Waals surface area contributed by atoms with Gasteiger partial charge in [-0.05, 0) is 27.7 Å².